The van der Waals surface area contributed by atoms with Crippen molar-refractivity contribution >= 4 is 45.1 Å². The van der Waals surface area contributed by atoms with Crippen LogP contribution in [-0.4, -0.2) is 7.05 Å². The molecule has 0 bridgehead atoms. The highest BCUT2D eigenvalue weighted by molar-refractivity contribution is 8.03. The van der Waals surface area contributed by atoms with Crippen LogP contribution in [0.3, 0.4) is 0 Å². The molecule has 0 saturated carbocycles. The van der Waals surface area contributed by atoms with E-state index in [1.165, 1.54) is 30.8 Å². The van der Waals surface area contributed by atoms with Gasteiger partial charge in [-0.25, -0.2) is 0 Å². The molecule has 3 aromatic rings. The number of thiazole rings is 1. The summed E-state index contributed by atoms with van der Waals surface area (Å²) in [7, 11) is 2.13. The quantitative estimate of drug-likeness (QED) is 0.591. The van der Waals surface area contributed by atoms with Crippen molar-refractivity contribution in [3.63, 3.8) is 0 Å². The molecular formula is C20H19N2S2+. The highest BCUT2D eigenvalue weighted by Crippen LogP contribution is 2.44. The largest absolute Gasteiger partial charge is 0.338 e. The molecule has 0 N–H and O–H groups in total. The molecule has 4 heteroatoms. The lowest BCUT2D eigenvalue weighted by molar-refractivity contribution is -0.665. The van der Waals surface area contributed by atoms with Gasteiger partial charge in [0.15, 0.2) is 0 Å². The van der Waals surface area contributed by atoms with Gasteiger partial charge < -0.3 is 4.90 Å². The van der Waals surface area contributed by atoms with E-state index in [0.717, 1.165) is 6.54 Å². The number of fused-ring (bicyclic) bond motifs is 2. The van der Waals surface area contributed by atoms with E-state index in [9.17, 15) is 0 Å². The van der Waals surface area contributed by atoms with E-state index < -0.39 is 0 Å². The fourth-order valence-corrected chi connectivity index (χ4v) is 5.18. The van der Waals surface area contributed by atoms with Gasteiger partial charge in [-0.05, 0) is 31.2 Å². The molecule has 0 atom stereocenters. The van der Waals surface area contributed by atoms with E-state index in [0.29, 0.717) is 0 Å². The van der Waals surface area contributed by atoms with E-state index in [1.54, 1.807) is 0 Å². The van der Waals surface area contributed by atoms with Crippen LogP contribution in [0.5, 0.6) is 0 Å². The van der Waals surface area contributed by atoms with Gasteiger partial charge in [-0.15, -0.1) is 0 Å². The minimum Gasteiger partial charge on any atom is -0.338 e. The van der Waals surface area contributed by atoms with Crippen molar-refractivity contribution in [3.8, 4) is 0 Å². The molecule has 120 valence electrons. The highest BCUT2D eigenvalue weighted by atomic mass is 32.2. The molecule has 0 amide bonds. The van der Waals surface area contributed by atoms with Gasteiger partial charge in [-0.2, -0.15) is 4.57 Å². The third-order valence-electron chi connectivity index (χ3n) is 4.20. The highest BCUT2D eigenvalue weighted by Gasteiger charge is 2.20. The lowest BCUT2D eigenvalue weighted by atomic mass is 10.3. The first kappa shape index (κ1) is 15.5. The molecule has 0 spiro atoms. The number of hydrogen-bond acceptors (Lipinski definition) is 3. The van der Waals surface area contributed by atoms with Gasteiger partial charge in [-0.3, -0.25) is 0 Å². The number of nitrogens with zero attached hydrogens (tertiary/aromatic N) is 2. The molecule has 2 nitrogen and oxygen atoms in total. The Morgan fingerprint density at radius 1 is 1.08 bits per heavy atom. The number of hydrogen-bond donors (Lipinski definition) is 0. The van der Waals surface area contributed by atoms with Crippen LogP contribution in [0.25, 0.3) is 16.3 Å². The van der Waals surface area contributed by atoms with Crippen molar-refractivity contribution < 1.29 is 4.57 Å². The Kier molecular flexibility index (Phi) is 4.17. The zero-order valence-electron chi connectivity index (χ0n) is 13.8. The summed E-state index contributed by atoms with van der Waals surface area (Å²) in [5, 5.41) is 2.55. The predicted molar refractivity (Wildman–Crippen MR) is 106 cm³/mol. The summed E-state index contributed by atoms with van der Waals surface area (Å²) in [6.07, 6.45) is 6.59. The van der Waals surface area contributed by atoms with Gasteiger partial charge in [0, 0.05) is 24.1 Å². The van der Waals surface area contributed by atoms with Crippen LogP contribution < -0.4 is 9.47 Å². The molecule has 4 rings (SSSR count). The lowest BCUT2D eigenvalue weighted by Crippen LogP contribution is -2.33. The van der Waals surface area contributed by atoms with Crippen molar-refractivity contribution in [3.05, 3.63) is 70.7 Å². The maximum atomic E-state index is 2.37. The van der Waals surface area contributed by atoms with Crippen LogP contribution >= 0.6 is 23.1 Å². The van der Waals surface area contributed by atoms with Gasteiger partial charge in [0.05, 0.1) is 10.7 Å². The summed E-state index contributed by atoms with van der Waals surface area (Å²) in [6.45, 7) is 3.19. The molecule has 1 aromatic heterocycles. The topological polar surface area (TPSA) is 7.12 Å². The number of aromatic nitrogens is 1. The maximum Gasteiger partial charge on any atom is 0.262 e. The zero-order chi connectivity index (χ0) is 16.5. The number of allylic oxidation sites excluding steroid dienone is 2. The van der Waals surface area contributed by atoms with Gasteiger partial charge in [0.25, 0.3) is 5.01 Å². The summed E-state index contributed by atoms with van der Waals surface area (Å²) in [4.78, 5) is 3.58. The van der Waals surface area contributed by atoms with Crippen molar-refractivity contribution in [2.45, 2.75) is 18.4 Å². The Morgan fingerprint density at radius 3 is 2.71 bits per heavy atom. The third-order valence-corrected chi connectivity index (χ3v) is 6.52. The summed E-state index contributed by atoms with van der Waals surface area (Å²) in [5.41, 5.74) is 2.60. The Balaban J connectivity index is 1.63. The van der Waals surface area contributed by atoms with Crippen LogP contribution in [0, 0.1) is 0 Å². The van der Waals surface area contributed by atoms with Gasteiger partial charge in [-0.1, -0.05) is 53.4 Å². The first-order valence-electron chi connectivity index (χ1n) is 8.08. The van der Waals surface area contributed by atoms with Crippen molar-refractivity contribution in [2.75, 3.05) is 11.9 Å². The minimum absolute atomic E-state index is 0.986. The predicted octanol–water partition coefficient (Wildman–Crippen LogP) is 5.31. The third kappa shape index (κ3) is 2.66. The zero-order valence-corrected chi connectivity index (χ0v) is 15.4. The van der Waals surface area contributed by atoms with E-state index in [-0.39, 0.29) is 0 Å². The summed E-state index contributed by atoms with van der Waals surface area (Å²) in [5.74, 6) is 0. The number of thioether (sulfide) groups is 1. The van der Waals surface area contributed by atoms with Crippen LogP contribution in [-0.2, 0) is 6.54 Å². The van der Waals surface area contributed by atoms with Crippen LogP contribution in [0.4, 0.5) is 5.69 Å². The second kappa shape index (κ2) is 6.46. The molecule has 1 aliphatic rings. The first-order valence-corrected chi connectivity index (χ1v) is 9.71. The number of anilines is 1. The summed E-state index contributed by atoms with van der Waals surface area (Å²) < 4.78 is 3.71. The molecule has 0 fully saturated rings. The Hall–Kier alpha value is -2.04. The summed E-state index contributed by atoms with van der Waals surface area (Å²) >= 11 is 3.67. The normalized spacial score (nSPS) is 15.8. The standard InChI is InChI=1S/C20H19N2S2/c1-3-22-16-10-5-7-12-18(16)24-20(22)14-8-13-19-21(2)15-9-4-6-11-17(15)23-19/h4-14H,3H2,1-2H3/q+1. The van der Waals surface area contributed by atoms with Crippen molar-refractivity contribution in [2.24, 2.45) is 0 Å². The number of aryl methyl sites for hydroxylation is 1. The van der Waals surface area contributed by atoms with Crippen molar-refractivity contribution in [1.82, 2.24) is 0 Å². The Morgan fingerprint density at radius 2 is 1.88 bits per heavy atom. The molecule has 2 aromatic carbocycles. The fourth-order valence-electron chi connectivity index (χ4n) is 2.98. The number of benzene rings is 2. The van der Waals surface area contributed by atoms with Crippen molar-refractivity contribution in [1.29, 1.82) is 0 Å². The Labute approximate surface area is 150 Å². The molecule has 2 heterocycles. The first-order chi connectivity index (χ1) is 11.8. The molecular weight excluding hydrogens is 332 g/mol. The van der Waals surface area contributed by atoms with E-state index in [2.05, 4.69) is 90.2 Å². The monoisotopic (exact) mass is 351 g/mol. The molecule has 0 unspecified atom stereocenters. The molecule has 0 radical (unpaired) electrons. The van der Waals surface area contributed by atoms with Crippen LogP contribution in [0.1, 0.15) is 11.9 Å². The van der Waals surface area contributed by atoms with Gasteiger partial charge >= 0.3 is 0 Å². The van der Waals surface area contributed by atoms with E-state index in [4.69, 9.17) is 0 Å². The SMILES string of the molecule is CC[n+]1c(/C=C/C=C2\Sc3ccccc3N2C)sc2ccccc21. The van der Waals surface area contributed by atoms with Gasteiger partial charge in [0.2, 0.25) is 5.52 Å². The van der Waals surface area contributed by atoms with E-state index >= 15 is 0 Å². The molecule has 1 aliphatic heterocycles. The minimum atomic E-state index is 0.986. The van der Waals surface area contributed by atoms with Crippen LogP contribution in [0.2, 0.25) is 0 Å². The average Bonchev–Trinajstić information content (AvgIpc) is 3.13. The lowest BCUT2D eigenvalue weighted by Gasteiger charge is -2.12. The maximum absolute atomic E-state index is 2.37. The molecule has 0 aliphatic carbocycles. The van der Waals surface area contributed by atoms with Crippen LogP contribution in [0.15, 0.2) is 70.6 Å². The Bertz CT molecular complexity index is 953. The smallest absolute Gasteiger partial charge is 0.262 e. The van der Waals surface area contributed by atoms with E-state index in [1.807, 2.05) is 23.1 Å². The average molecular weight is 352 g/mol. The van der Waals surface area contributed by atoms with Gasteiger partial charge in [0.1, 0.15) is 11.2 Å². The second-order valence-electron chi connectivity index (χ2n) is 5.65. The second-order valence-corrected chi connectivity index (χ2v) is 7.77. The summed E-state index contributed by atoms with van der Waals surface area (Å²) in [6, 6.07) is 17.1. The number of para-hydroxylation sites is 2. The number of rotatable bonds is 3. The molecule has 0 saturated heterocycles. The molecule has 24 heavy (non-hydrogen) atoms. The fraction of sp³-hybridized carbons (Fsp3) is 0.150.